The van der Waals surface area contributed by atoms with Gasteiger partial charge in [-0.1, -0.05) is 56.1 Å². The van der Waals surface area contributed by atoms with Gasteiger partial charge in [-0.3, -0.25) is 9.69 Å². The fraction of sp³-hybridized carbons (Fsp3) is 0.176. The van der Waals surface area contributed by atoms with E-state index in [0.29, 0.717) is 0 Å². The molecule has 1 atom stereocenters. The minimum absolute atomic E-state index is 0.247. The predicted octanol–water partition coefficient (Wildman–Crippen LogP) is 4.18. The molecule has 3 rings (SSSR count). The molecule has 1 heterocycles. The van der Waals surface area contributed by atoms with Gasteiger partial charge in [0.1, 0.15) is 5.54 Å². The Morgan fingerprint density at radius 1 is 1.04 bits per heavy atom. The largest absolute Gasteiger partial charge is 0.325 e. The Kier molecular flexibility index (Phi) is 4.29. The number of benzene rings is 2. The van der Waals surface area contributed by atoms with Gasteiger partial charge in [0, 0.05) is 8.95 Å². The maximum absolute atomic E-state index is 12.8. The molecule has 0 unspecified atom stereocenters. The van der Waals surface area contributed by atoms with Gasteiger partial charge in [0.05, 0.1) is 6.54 Å². The van der Waals surface area contributed by atoms with Crippen LogP contribution in [0.25, 0.3) is 0 Å². The number of nitrogens with zero attached hydrogens (tertiary/aromatic N) is 1. The van der Waals surface area contributed by atoms with E-state index in [1.807, 2.05) is 48.5 Å². The number of carbonyl (C=O) groups excluding carboxylic acids is 2. The van der Waals surface area contributed by atoms with Crippen molar-refractivity contribution < 1.29 is 9.59 Å². The van der Waals surface area contributed by atoms with Crippen LogP contribution in [0.5, 0.6) is 0 Å². The van der Waals surface area contributed by atoms with Crippen molar-refractivity contribution in [2.24, 2.45) is 0 Å². The summed E-state index contributed by atoms with van der Waals surface area (Å²) in [6.07, 6.45) is 0. The van der Waals surface area contributed by atoms with Gasteiger partial charge in [0.15, 0.2) is 0 Å². The molecule has 0 aliphatic carbocycles. The molecule has 1 N–H and O–H groups in total. The third kappa shape index (κ3) is 3.05. The van der Waals surface area contributed by atoms with E-state index >= 15 is 0 Å². The van der Waals surface area contributed by atoms with Gasteiger partial charge < -0.3 is 5.32 Å². The summed E-state index contributed by atoms with van der Waals surface area (Å²) in [7, 11) is 0. The van der Waals surface area contributed by atoms with Crippen LogP contribution in [0.15, 0.2) is 57.5 Å². The molecular weight excluding hydrogens is 424 g/mol. The molecule has 0 saturated carbocycles. The van der Waals surface area contributed by atoms with Gasteiger partial charge in [-0.05, 0) is 42.3 Å². The summed E-state index contributed by atoms with van der Waals surface area (Å²) in [5, 5.41) is 2.81. The lowest BCUT2D eigenvalue weighted by Crippen LogP contribution is -2.40. The lowest BCUT2D eigenvalue weighted by atomic mass is 9.92. The minimum Gasteiger partial charge on any atom is -0.319 e. The predicted molar refractivity (Wildman–Crippen MR) is 94.7 cm³/mol. The first kappa shape index (κ1) is 16.2. The fourth-order valence-electron chi connectivity index (χ4n) is 2.61. The number of urea groups is 1. The second kappa shape index (κ2) is 6.09. The number of hydrogen-bond acceptors (Lipinski definition) is 2. The minimum atomic E-state index is -1.05. The average molecular weight is 438 g/mol. The number of imide groups is 1. The highest BCUT2D eigenvalue weighted by atomic mass is 79.9. The van der Waals surface area contributed by atoms with Crippen molar-refractivity contribution >= 4 is 43.8 Å². The molecule has 3 amide bonds. The van der Waals surface area contributed by atoms with Gasteiger partial charge >= 0.3 is 6.03 Å². The normalized spacial score (nSPS) is 20.7. The standard InChI is InChI=1S/C17H14Br2N2O2/c1-17(12-3-2-4-14(19)9-12)15(22)21(16(23)20-17)10-11-5-7-13(18)8-6-11/h2-9H,10H2,1H3,(H,20,23)/t17-/m1/s1. The van der Waals surface area contributed by atoms with Crippen LogP contribution in [-0.4, -0.2) is 16.8 Å². The van der Waals surface area contributed by atoms with Gasteiger partial charge in [0.2, 0.25) is 0 Å². The summed E-state index contributed by atoms with van der Waals surface area (Å²) in [6, 6.07) is 14.6. The van der Waals surface area contributed by atoms with E-state index in [1.165, 1.54) is 4.90 Å². The van der Waals surface area contributed by atoms with Crippen molar-refractivity contribution in [3.8, 4) is 0 Å². The lowest BCUT2D eigenvalue weighted by molar-refractivity contribution is -0.131. The zero-order chi connectivity index (χ0) is 16.6. The number of carbonyl (C=O) groups is 2. The first-order valence-electron chi connectivity index (χ1n) is 7.05. The van der Waals surface area contributed by atoms with E-state index in [9.17, 15) is 9.59 Å². The third-order valence-corrected chi connectivity index (χ3v) is 4.95. The Morgan fingerprint density at radius 2 is 1.74 bits per heavy atom. The summed E-state index contributed by atoms with van der Waals surface area (Å²) in [5.74, 6) is -0.247. The summed E-state index contributed by atoms with van der Waals surface area (Å²) in [5.41, 5.74) is 0.606. The number of amides is 3. The van der Waals surface area contributed by atoms with Crippen LogP contribution in [0.2, 0.25) is 0 Å². The highest BCUT2D eigenvalue weighted by molar-refractivity contribution is 9.10. The van der Waals surface area contributed by atoms with Gasteiger partial charge in [0.25, 0.3) is 5.91 Å². The van der Waals surface area contributed by atoms with Crippen molar-refractivity contribution in [1.82, 2.24) is 10.2 Å². The summed E-state index contributed by atoms with van der Waals surface area (Å²) < 4.78 is 1.82. The smallest absolute Gasteiger partial charge is 0.319 e. The van der Waals surface area contributed by atoms with Crippen molar-refractivity contribution in [2.75, 3.05) is 0 Å². The number of rotatable bonds is 3. The Morgan fingerprint density at radius 3 is 2.39 bits per heavy atom. The number of halogens is 2. The topological polar surface area (TPSA) is 49.4 Å². The van der Waals surface area contributed by atoms with Crippen LogP contribution in [-0.2, 0) is 16.9 Å². The average Bonchev–Trinajstić information content (AvgIpc) is 2.74. The highest BCUT2D eigenvalue weighted by Gasteiger charge is 2.48. The van der Waals surface area contributed by atoms with E-state index < -0.39 is 5.54 Å². The van der Waals surface area contributed by atoms with E-state index in [0.717, 1.165) is 20.1 Å². The first-order valence-corrected chi connectivity index (χ1v) is 8.63. The summed E-state index contributed by atoms with van der Waals surface area (Å²) >= 11 is 6.78. The Hall–Kier alpha value is -1.66. The molecular formula is C17H14Br2N2O2. The molecule has 4 nitrogen and oxygen atoms in total. The molecule has 0 spiro atoms. The summed E-state index contributed by atoms with van der Waals surface area (Å²) in [4.78, 5) is 26.4. The second-order valence-electron chi connectivity index (χ2n) is 5.58. The first-order chi connectivity index (χ1) is 10.9. The Labute approximate surface area is 151 Å². The zero-order valence-corrected chi connectivity index (χ0v) is 15.5. The van der Waals surface area contributed by atoms with Crippen LogP contribution in [0.3, 0.4) is 0 Å². The van der Waals surface area contributed by atoms with Gasteiger partial charge in [-0.2, -0.15) is 0 Å². The molecule has 0 radical (unpaired) electrons. The summed E-state index contributed by atoms with van der Waals surface area (Å²) in [6.45, 7) is 1.98. The van der Waals surface area contributed by atoms with Crippen molar-refractivity contribution in [1.29, 1.82) is 0 Å². The molecule has 118 valence electrons. The fourth-order valence-corrected chi connectivity index (χ4v) is 3.27. The molecule has 2 aromatic rings. The molecule has 1 aliphatic rings. The third-order valence-electron chi connectivity index (χ3n) is 3.93. The van der Waals surface area contributed by atoms with Crippen LogP contribution in [0.1, 0.15) is 18.1 Å². The van der Waals surface area contributed by atoms with E-state index in [4.69, 9.17) is 0 Å². The molecule has 0 aromatic heterocycles. The molecule has 1 saturated heterocycles. The molecule has 0 bridgehead atoms. The quantitative estimate of drug-likeness (QED) is 0.732. The Balaban J connectivity index is 1.89. The lowest BCUT2D eigenvalue weighted by Gasteiger charge is -2.22. The zero-order valence-electron chi connectivity index (χ0n) is 12.3. The van der Waals surface area contributed by atoms with Gasteiger partial charge in [-0.25, -0.2) is 4.79 Å². The number of hydrogen-bond donors (Lipinski definition) is 1. The van der Waals surface area contributed by atoms with Crippen LogP contribution in [0.4, 0.5) is 4.79 Å². The van der Waals surface area contributed by atoms with Crippen LogP contribution < -0.4 is 5.32 Å². The maximum Gasteiger partial charge on any atom is 0.325 e. The second-order valence-corrected chi connectivity index (χ2v) is 7.41. The van der Waals surface area contributed by atoms with E-state index in [1.54, 1.807) is 6.92 Å². The van der Waals surface area contributed by atoms with E-state index in [2.05, 4.69) is 37.2 Å². The van der Waals surface area contributed by atoms with Crippen LogP contribution >= 0.6 is 31.9 Å². The van der Waals surface area contributed by atoms with Crippen LogP contribution in [0, 0.1) is 0 Å². The molecule has 23 heavy (non-hydrogen) atoms. The van der Waals surface area contributed by atoms with Crippen molar-refractivity contribution in [3.63, 3.8) is 0 Å². The monoisotopic (exact) mass is 436 g/mol. The van der Waals surface area contributed by atoms with E-state index in [-0.39, 0.29) is 18.5 Å². The maximum atomic E-state index is 12.8. The number of nitrogens with one attached hydrogen (secondary N) is 1. The Bertz CT molecular complexity index is 776. The molecule has 2 aromatic carbocycles. The molecule has 1 aliphatic heterocycles. The highest BCUT2D eigenvalue weighted by Crippen LogP contribution is 2.31. The molecule has 6 heteroatoms. The van der Waals surface area contributed by atoms with Crippen molar-refractivity contribution in [3.05, 3.63) is 68.6 Å². The SMILES string of the molecule is C[C@]1(c2cccc(Br)c2)NC(=O)N(Cc2ccc(Br)cc2)C1=O. The van der Waals surface area contributed by atoms with Gasteiger partial charge in [-0.15, -0.1) is 0 Å². The van der Waals surface area contributed by atoms with Crippen molar-refractivity contribution in [2.45, 2.75) is 19.0 Å². The molecule has 1 fully saturated rings.